The molecule has 2 aromatic rings. The molecule has 0 spiro atoms. The number of primary amides is 1. The van der Waals surface area contributed by atoms with Crippen LogP contribution in [0.1, 0.15) is 5.76 Å². The van der Waals surface area contributed by atoms with Gasteiger partial charge in [-0.05, 0) is 24.3 Å². The summed E-state index contributed by atoms with van der Waals surface area (Å²) in [6.07, 6.45) is 1.55. The zero-order valence-corrected chi connectivity index (χ0v) is 12.0. The van der Waals surface area contributed by atoms with Gasteiger partial charge in [-0.3, -0.25) is 4.79 Å². The van der Waals surface area contributed by atoms with Gasteiger partial charge in [-0.1, -0.05) is 12.1 Å². The van der Waals surface area contributed by atoms with E-state index in [-0.39, 0.29) is 11.8 Å². The van der Waals surface area contributed by atoms with Gasteiger partial charge in [0.05, 0.1) is 24.2 Å². The van der Waals surface area contributed by atoms with Crippen LogP contribution in [-0.2, 0) is 11.3 Å². The molecule has 2 rings (SSSR count). The summed E-state index contributed by atoms with van der Waals surface area (Å²) in [6, 6.07) is 10.4. The summed E-state index contributed by atoms with van der Waals surface area (Å²) in [6.45, 7) is 0.301. The topological polar surface area (TPSA) is 97.4 Å². The Morgan fingerprint density at radius 3 is 2.71 bits per heavy atom. The molecule has 0 radical (unpaired) electrons. The Morgan fingerprint density at radius 2 is 2.00 bits per heavy atom. The third kappa shape index (κ3) is 4.88. The van der Waals surface area contributed by atoms with Gasteiger partial charge < -0.3 is 20.8 Å². The largest absolute Gasteiger partial charge is 0.467 e. The summed E-state index contributed by atoms with van der Waals surface area (Å²) < 4.78 is 5.12. The quantitative estimate of drug-likeness (QED) is 0.712. The van der Waals surface area contributed by atoms with Gasteiger partial charge in [-0.2, -0.15) is 0 Å². The lowest BCUT2D eigenvalue weighted by molar-refractivity contribution is -0.115. The van der Waals surface area contributed by atoms with Crippen LogP contribution in [0.2, 0.25) is 0 Å². The minimum absolute atomic E-state index is 0.159. The van der Waals surface area contributed by atoms with Gasteiger partial charge in [0, 0.05) is 4.90 Å². The Kier molecular flexibility index (Phi) is 5.28. The highest BCUT2D eigenvalue weighted by atomic mass is 32.2. The normalized spacial score (nSPS) is 10.1. The van der Waals surface area contributed by atoms with Gasteiger partial charge in [0.25, 0.3) is 0 Å². The Morgan fingerprint density at radius 1 is 1.19 bits per heavy atom. The van der Waals surface area contributed by atoms with Crippen molar-refractivity contribution in [3.63, 3.8) is 0 Å². The highest BCUT2D eigenvalue weighted by molar-refractivity contribution is 8.00. The second-order valence-electron chi connectivity index (χ2n) is 4.14. The lowest BCUT2D eigenvalue weighted by atomic mass is 10.3. The number of furan rings is 1. The van der Waals surface area contributed by atoms with Crippen LogP contribution >= 0.6 is 11.8 Å². The van der Waals surface area contributed by atoms with Crippen LogP contribution < -0.4 is 16.4 Å². The number of nitrogens with one attached hydrogen (secondary N) is 2. The average molecular weight is 305 g/mol. The van der Waals surface area contributed by atoms with Crippen LogP contribution in [0.4, 0.5) is 10.5 Å². The van der Waals surface area contributed by atoms with E-state index in [4.69, 9.17) is 10.2 Å². The number of amides is 3. The first-order valence-corrected chi connectivity index (χ1v) is 7.21. The van der Waals surface area contributed by atoms with Gasteiger partial charge in [0.15, 0.2) is 0 Å². The first kappa shape index (κ1) is 15.0. The first-order chi connectivity index (χ1) is 10.1. The summed E-state index contributed by atoms with van der Waals surface area (Å²) in [5.74, 6) is 0.422. The maximum atomic E-state index is 11.8. The van der Waals surface area contributed by atoms with Gasteiger partial charge >= 0.3 is 6.03 Å². The second-order valence-corrected chi connectivity index (χ2v) is 5.16. The minimum atomic E-state index is -0.405. The molecule has 0 saturated carbocycles. The van der Waals surface area contributed by atoms with E-state index in [1.54, 1.807) is 30.5 Å². The molecule has 0 unspecified atom stereocenters. The Balaban J connectivity index is 1.92. The van der Waals surface area contributed by atoms with Crippen molar-refractivity contribution in [3.8, 4) is 0 Å². The maximum Gasteiger partial charge on any atom is 0.319 e. The van der Waals surface area contributed by atoms with Crippen LogP contribution in [0.5, 0.6) is 0 Å². The molecule has 0 aliphatic rings. The van der Waals surface area contributed by atoms with Crippen molar-refractivity contribution in [2.75, 3.05) is 11.1 Å². The molecule has 0 atom stereocenters. The Labute approximate surface area is 126 Å². The number of carbonyl (C=O) groups excluding carboxylic acids is 2. The molecule has 0 fully saturated rings. The van der Waals surface area contributed by atoms with Crippen LogP contribution in [0.25, 0.3) is 0 Å². The molecule has 0 bridgehead atoms. The van der Waals surface area contributed by atoms with Crippen molar-refractivity contribution in [2.45, 2.75) is 11.4 Å². The van der Waals surface area contributed by atoms with E-state index in [2.05, 4.69) is 10.6 Å². The number of thioether (sulfide) groups is 1. The van der Waals surface area contributed by atoms with Gasteiger partial charge in [-0.25, -0.2) is 4.79 Å². The van der Waals surface area contributed by atoms with Crippen LogP contribution in [0, 0.1) is 0 Å². The third-order valence-corrected chi connectivity index (χ3v) is 3.60. The van der Waals surface area contributed by atoms with Crippen molar-refractivity contribution >= 4 is 29.4 Å². The van der Waals surface area contributed by atoms with E-state index < -0.39 is 5.91 Å². The molecule has 3 amide bonds. The van der Waals surface area contributed by atoms with Crippen LogP contribution in [0.3, 0.4) is 0 Å². The van der Waals surface area contributed by atoms with E-state index in [1.807, 2.05) is 12.1 Å². The van der Waals surface area contributed by atoms with Crippen molar-refractivity contribution in [3.05, 3.63) is 48.4 Å². The zero-order chi connectivity index (χ0) is 15.1. The predicted molar refractivity (Wildman–Crippen MR) is 80.9 cm³/mol. The van der Waals surface area contributed by atoms with Crippen LogP contribution in [-0.4, -0.2) is 17.7 Å². The minimum Gasteiger partial charge on any atom is -0.467 e. The zero-order valence-electron chi connectivity index (χ0n) is 11.2. The molecule has 4 N–H and O–H groups in total. The fourth-order valence-electron chi connectivity index (χ4n) is 1.59. The molecule has 1 aromatic heterocycles. The molecule has 21 heavy (non-hydrogen) atoms. The monoisotopic (exact) mass is 305 g/mol. The number of urea groups is 1. The molecule has 7 heteroatoms. The summed E-state index contributed by atoms with van der Waals surface area (Å²) in [5, 5.41) is 5.41. The first-order valence-electron chi connectivity index (χ1n) is 6.22. The average Bonchev–Trinajstić information content (AvgIpc) is 2.97. The van der Waals surface area contributed by atoms with Crippen molar-refractivity contribution < 1.29 is 14.0 Å². The summed E-state index contributed by atoms with van der Waals surface area (Å²) in [5.41, 5.74) is 5.75. The number of nitrogens with two attached hydrogens (primary N) is 1. The van der Waals surface area contributed by atoms with Crippen molar-refractivity contribution in [1.82, 2.24) is 5.32 Å². The highest BCUT2D eigenvalue weighted by Crippen LogP contribution is 2.26. The fourth-order valence-corrected chi connectivity index (χ4v) is 2.34. The molecule has 6 nitrogen and oxygen atoms in total. The smallest absolute Gasteiger partial charge is 0.319 e. The van der Waals surface area contributed by atoms with Gasteiger partial charge in [0.1, 0.15) is 5.76 Å². The van der Waals surface area contributed by atoms with Crippen LogP contribution in [0.15, 0.2) is 52.0 Å². The molecule has 0 aliphatic heterocycles. The summed E-state index contributed by atoms with van der Waals surface area (Å²) >= 11 is 1.28. The van der Waals surface area contributed by atoms with E-state index in [0.29, 0.717) is 18.0 Å². The molecule has 1 aromatic carbocycles. The highest BCUT2D eigenvalue weighted by Gasteiger charge is 2.08. The Bertz CT molecular complexity index is 614. The second kappa shape index (κ2) is 7.39. The van der Waals surface area contributed by atoms with Crippen molar-refractivity contribution in [2.24, 2.45) is 5.73 Å². The standard InChI is InChI=1S/C14H15N3O3S/c15-13(18)9-21-12-6-2-1-5-11(12)17-14(19)16-8-10-4-3-7-20-10/h1-7H,8-9H2,(H2,15,18)(H2,16,17,19). The third-order valence-electron chi connectivity index (χ3n) is 2.51. The number of benzene rings is 1. The molecule has 1 heterocycles. The molecular formula is C14H15N3O3S. The molecule has 0 saturated heterocycles. The molecular weight excluding hydrogens is 290 g/mol. The lowest BCUT2D eigenvalue weighted by Crippen LogP contribution is -2.28. The molecule has 110 valence electrons. The summed E-state index contributed by atoms with van der Waals surface area (Å²) in [4.78, 5) is 23.4. The van der Waals surface area contributed by atoms with Gasteiger partial charge in [0.2, 0.25) is 5.91 Å². The van der Waals surface area contributed by atoms with E-state index in [1.165, 1.54) is 11.8 Å². The fraction of sp³-hybridized carbons (Fsp3) is 0.143. The van der Waals surface area contributed by atoms with E-state index in [9.17, 15) is 9.59 Å². The number of rotatable bonds is 6. The van der Waals surface area contributed by atoms with Crippen molar-refractivity contribution in [1.29, 1.82) is 0 Å². The number of carbonyl (C=O) groups is 2. The predicted octanol–water partition coefficient (Wildman–Crippen LogP) is 2.18. The summed E-state index contributed by atoms with van der Waals surface area (Å²) in [7, 11) is 0. The number of anilines is 1. The maximum absolute atomic E-state index is 11.8. The SMILES string of the molecule is NC(=O)CSc1ccccc1NC(=O)NCc1ccco1. The number of hydrogen-bond donors (Lipinski definition) is 3. The number of para-hydroxylation sites is 1. The van der Waals surface area contributed by atoms with Gasteiger partial charge in [-0.15, -0.1) is 11.8 Å². The lowest BCUT2D eigenvalue weighted by Gasteiger charge is -2.10. The van der Waals surface area contributed by atoms with E-state index in [0.717, 1.165) is 4.90 Å². The molecule has 0 aliphatic carbocycles. The number of hydrogen-bond acceptors (Lipinski definition) is 4. The Hall–Kier alpha value is -2.41. The van der Waals surface area contributed by atoms with E-state index >= 15 is 0 Å².